The van der Waals surface area contributed by atoms with Gasteiger partial charge >= 0.3 is 0 Å². The molecule has 100 valence electrons. The Morgan fingerprint density at radius 1 is 1.26 bits per heavy atom. The minimum absolute atomic E-state index is 0.0872. The second kappa shape index (κ2) is 6.15. The molecule has 1 heterocycles. The van der Waals surface area contributed by atoms with Gasteiger partial charge in [0.05, 0.1) is 16.8 Å². The van der Waals surface area contributed by atoms with Gasteiger partial charge in [-0.05, 0) is 49.1 Å². The molecule has 0 fully saturated rings. The summed E-state index contributed by atoms with van der Waals surface area (Å²) in [7, 11) is 0. The first kappa shape index (κ1) is 14.0. The summed E-state index contributed by atoms with van der Waals surface area (Å²) in [6, 6.07) is 9.97. The van der Waals surface area contributed by atoms with E-state index in [0.717, 1.165) is 12.1 Å². The fourth-order valence-electron chi connectivity index (χ4n) is 2.06. The molecular formula is C15H18ClN3. The van der Waals surface area contributed by atoms with Crippen molar-refractivity contribution in [2.24, 2.45) is 5.84 Å². The van der Waals surface area contributed by atoms with Crippen LogP contribution in [0.25, 0.3) is 0 Å². The number of benzene rings is 1. The molecule has 0 bridgehead atoms. The van der Waals surface area contributed by atoms with Gasteiger partial charge in [-0.25, -0.2) is 0 Å². The first-order valence-corrected chi connectivity index (χ1v) is 6.62. The monoisotopic (exact) mass is 275 g/mol. The summed E-state index contributed by atoms with van der Waals surface area (Å²) in [6.07, 6.45) is 2.49. The van der Waals surface area contributed by atoms with Gasteiger partial charge in [0.2, 0.25) is 0 Å². The molecule has 0 amide bonds. The standard InChI is InChI=1S/C15H18ClN3/c1-10-5-6-12(8-11(10)2)9-14(19-17)15-13(16)4-3-7-18-15/h3-8,14,19H,9,17H2,1-2H3. The van der Waals surface area contributed by atoms with Crippen molar-refractivity contribution in [2.75, 3.05) is 0 Å². The summed E-state index contributed by atoms with van der Waals surface area (Å²) in [5.41, 5.74) is 7.36. The Labute approximate surface area is 118 Å². The smallest absolute Gasteiger partial charge is 0.0775 e. The third-order valence-corrected chi connectivity index (χ3v) is 3.65. The quantitative estimate of drug-likeness (QED) is 0.666. The highest BCUT2D eigenvalue weighted by atomic mass is 35.5. The minimum atomic E-state index is -0.0872. The number of hydrogen-bond donors (Lipinski definition) is 2. The number of pyridine rings is 1. The van der Waals surface area contributed by atoms with Crippen molar-refractivity contribution >= 4 is 11.6 Å². The number of nitrogens with zero attached hydrogens (tertiary/aromatic N) is 1. The molecule has 2 rings (SSSR count). The summed E-state index contributed by atoms with van der Waals surface area (Å²) in [4.78, 5) is 4.31. The highest BCUT2D eigenvalue weighted by Gasteiger charge is 2.15. The van der Waals surface area contributed by atoms with Gasteiger partial charge in [0.15, 0.2) is 0 Å². The van der Waals surface area contributed by atoms with Crippen LogP contribution in [-0.2, 0) is 6.42 Å². The molecule has 1 aromatic carbocycles. The van der Waals surface area contributed by atoms with E-state index in [0.29, 0.717) is 5.02 Å². The molecule has 1 aromatic heterocycles. The highest BCUT2D eigenvalue weighted by Crippen LogP contribution is 2.23. The molecule has 0 saturated carbocycles. The van der Waals surface area contributed by atoms with E-state index in [9.17, 15) is 0 Å². The number of rotatable bonds is 4. The molecule has 0 spiro atoms. The Hall–Kier alpha value is -1.42. The molecule has 19 heavy (non-hydrogen) atoms. The molecule has 2 aromatic rings. The lowest BCUT2D eigenvalue weighted by Gasteiger charge is -2.17. The van der Waals surface area contributed by atoms with Crippen molar-refractivity contribution in [1.82, 2.24) is 10.4 Å². The number of aryl methyl sites for hydroxylation is 2. The molecule has 4 heteroatoms. The Balaban J connectivity index is 2.24. The van der Waals surface area contributed by atoms with E-state index in [1.54, 1.807) is 6.20 Å². The predicted octanol–water partition coefficient (Wildman–Crippen LogP) is 3.10. The molecule has 1 unspecified atom stereocenters. The summed E-state index contributed by atoms with van der Waals surface area (Å²) in [6.45, 7) is 4.21. The summed E-state index contributed by atoms with van der Waals surface area (Å²) >= 11 is 6.16. The number of nitrogens with one attached hydrogen (secondary N) is 1. The largest absolute Gasteiger partial charge is 0.271 e. The Kier molecular flexibility index (Phi) is 4.53. The lowest BCUT2D eigenvalue weighted by molar-refractivity contribution is 0.538. The van der Waals surface area contributed by atoms with Crippen LogP contribution >= 0.6 is 11.6 Å². The van der Waals surface area contributed by atoms with Gasteiger partial charge in [0, 0.05) is 6.20 Å². The fourth-order valence-corrected chi connectivity index (χ4v) is 2.31. The van der Waals surface area contributed by atoms with Crippen LogP contribution < -0.4 is 11.3 Å². The van der Waals surface area contributed by atoms with E-state index in [4.69, 9.17) is 17.4 Å². The lowest BCUT2D eigenvalue weighted by atomic mass is 9.99. The van der Waals surface area contributed by atoms with E-state index in [1.807, 2.05) is 12.1 Å². The molecule has 0 radical (unpaired) electrons. The zero-order valence-corrected chi connectivity index (χ0v) is 11.9. The predicted molar refractivity (Wildman–Crippen MR) is 78.9 cm³/mol. The lowest BCUT2D eigenvalue weighted by Crippen LogP contribution is -2.30. The first-order chi connectivity index (χ1) is 9.11. The van der Waals surface area contributed by atoms with Crippen molar-refractivity contribution in [1.29, 1.82) is 0 Å². The van der Waals surface area contributed by atoms with Gasteiger partial charge in [-0.3, -0.25) is 16.3 Å². The van der Waals surface area contributed by atoms with Gasteiger partial charge in [0.1, 0.15) is 0 Å². The van der Waals surface area contributed by atoms with Crippen molar-refractivity contribution < 1.29 is 0 Å². The number of hydrogen-bond acceptors (Lipinski definition) is 3. The Morgan fingerprint density at radius 2 is 2.05 bits per heavy atom. The molecule has 3 N–H and O–H groups in total. The topological polar surface area (TPSA) is 50.9 Å². The minimum Gasteiger partial charge on any atom is -0.271 e. The van der Waals surface area contributed by atoms with Crippen LogP contribution in [0.3, 0.4) is 0 Å². The van der Waals surface area contributed by atoms with E-state index in [2.05, 4.69) is 42.5 Å². The second-order valence-corrected chi connectivity index (χ2v) is 5.12. The van der Waals surface area contributed by atoms with Gasteiger partial charge < -0.3 is 0 Å². The number of halogens is 1. The van der Waals surface area contributed by atoms with E-state index < -0.39 is 0 Å². The molecule has 0 aliphatic rings. The first-order valence-electron chi connectivity index (χ1n) is 6.24. The van der Waals surface area contributed by atoms with Crippen LogP contribution in [0, 0.1) is 13.8 Å². The maximum Gasteiger partial charge on any atom is 0.0775 e. The fraction of sp³-hybridized carbons (Fsp3) is 0.267. The highest BCUT2D eigenvalue weighted by molar-refractivity contribution is 6.31. The number of aromatic nitrogens is 1. The van der Waals surface area contributed by atoms with Crippen molar-refractivity contribution in [3.8, 4) is 0 Å². The molecule has 1 atom stereocenters. The average Bonchev–Trinajstić information content (AvgIpc) is 2.41. The van der Waals surface area contributed by atoms with Gasteiger partial charge in [-0.1, -0.05) is 29.8 Å². The maximum atomic E-state index is 6.16. The summed E-state index contributed by atoms with van der Waals surface area (Å²) in [5, 5.41) is 0.634. The van der Waals surface area contributed by atoms with Crippen molar-refractivity contribution in [3.05, 3.63) is 63.9 Å². The van der Waals surface area contributed by atoms with Gasteiger partial charge in [-0.15, -0.1) is 0 Å². The normalized spacial score (nSPS) is 12.4. The van der Waals surface area contributed by atoms with E-state index in [-0.39, 0.29) is 6.04 Å². The SMILES string of the molecule is Cc1ccc(CC(NN)c2ncccc2Cl)cc1C. The average molecular weight is 276 g/mol. The van der Waals surface area contributed by atoms with Crippen LogP contribution in [-0.4, -0.2) is 4.98 Å². The van der Waals surface area contributed by atoms with E-state index in [1.165, 1.54) is 16.7 Å². The molecule has 0 aliphatic carbocycles. The summed E-state index contributed by atoms with van der Waals surface area (Å²) < 4.78 is 0. The molecule has 3 nitrogen and oxygen atoms in total. The van der Waals surface area contributed by atoms with Crippen LogP contribution in [0.1, 0.15) is 28.4 Å². The van der Waals surface area contributed by atoms with Crippen LogP contribution in [0.15, 0.2) is 36.5 Å². The summed E-state index contributed by atoms with van der Waals surface area (Å²) in [5.74, 6) is 5.64. The Morgan fingerprint density at radius 3 is 2.68 bits per heavy atom. The number of nitrogens with two attached hydrogens (primary N) is 1. The van der Waals surface area contributed by atoms with Crippen LogP contribution in [0.5, 0.6) is 0 Å². The van der Waals surface area contributed by atoms with Crippen LogP contribution in [0.4, 0.5) is 0 Å². The van der Waals surface area contributed by atoms with Gasteiger partial charge in [-0.2, -0.15) is 0 Å². The van der Waals surface area contributed by atoms with Crippen LogP contribution in [0.2, 0.25) is 5.02 Å². The van der Waals surface area contributed by atoms with E-state index >= 15 is 0 Å². The maximum absolute atomic E-state index is 6.16. The molecular weight excluding hydrogens is 258 g/mol. The zero-order valence-electron chi connectivity index (χ0n) is 11.2. The third-order valence-electron chi connectivity index (χ3n) is 3.33. The second-order valence-electron chi connectivity index (χ2n) is 4.71. The zero-order chi connectivity index (χ0) is 13.8. The molecule has 0 saturated heterocycles. The van der Waals surface area contributed by atoms with Gasteiger partial charge in [0.25, 0.3) is 0 Å². The van der Waals surface area contributed by atoms with Crippen molar-refractivity contribution in [2.45, 2.75) is 26.3 Å². The Bertz CT molecular complexity index is 569. The number of hydrazine groups is 1. The van der Waals surface area contributed by atoms with Crippen molar-refractivity contribution in [3.63, 3.8) is 0 Å². The molecule has 0 aliphatic heterocycles. The third kappa shape index (κ3) is 3.32.